The molecule has 0 aromatic heterocycles. The predicted octanol–water partition coefficient (Wildman–Crippen LogP) is 1.59. The highest BCUT2D eigenvalue weighted by Crippen LogP contribution is 2.21. The predicted molar refractivity (Wildman–Crippen MR) is 105 cm³/mol. The molecular weight excluding hydrogens is 362 g/mol. The first-order valence-electron chi connectivity index (χ1n) is 10.5. The standard InChI is InChI=1S/C20H37N3O5/c1-4-5-6-9-15(12-17(25)22-28)19(26)21-18(14(2)3)20(27)23-11-8-7-10-16(23)13-24/h14-16,18,24,28H,4-13H2,1-3H3,(H,21,26)(H,22,25)/t15-,16+,18+/m1/s1. The highest BCUT2D eigenvalue weighted by molar-refractivity contribution is 5.90. The Bertz CT molecular complexity index is 512. The summed E-state index contributed by atoms with van der Waals surface area (Å²) in [5, 5.41) is 21.2. The molecule has 1 aliphatic rings. The fraction of sp³-hybridized carbons (Fsp3) is 0.850. The number of aliphatic hydroxyl groups excluding tert-OH is 1. The number of carbonyl (C=O) groups is 3. The van der Waals surface area contributed by atoms with E-state index in [9.17, 15) is 19.5 Å². The van der Waals surface area contributed by atoms with Crippen LogP contribution >= 0.6 is 0 Å². The molecule has 0 aromatic carbocycles. The Morgan fingerprint density at radius 3 is 2.46 bits per heavy atom. The summed E-state index contributed by atoms with van der Waals surface area (Å²) in [5.74, 6) is -1.85. The second-order valence-corrected chi connectivity index (χ2v) is 8.03. The first-order chi connectivity index (χ1) is 13.3. The molecule has 0 bridgehead atoms. The molecule has 3 amide bonds. The fourth-order valence-electron chi connectivity index (χ4n) is 3.68. The average molecular weight is 400 g/mol. The van der Waals surface area contributed by atoms with Crippen LogP contribution < -0.4 is 10.8 Å². The third kappa shape index (κ3) is 7.39. The molecule has 28 heavy (non-hydrogen) atoms. The Hall–Kier alpha value is -1.67. The molecule has 8 nitrogen and oxygen atoms in total. The number of hydroxylamine groups is 1. The van der Waals surface area contributed by atoms with Gasteiger partial charge in [0, 0.05) is 18.9 Å². The van der Waals surface area contributed by atoms with Gasteiger partial charge in [-0.15, -0.1) is 0 Å². The van der Waals surface area contributed by atoms with Crippen molar-refractivity contribution in [2.75, 3.05) is 13.2 Å². The number of nitrogens with zero attached hydrogens (tertiary/aromatic N) is 1. The van der Waals surface area contributed by atoms with Gasteiger partial charge in [0.2, 0.25) is 17.7 Å². The van der Waals surface area contributed by atoms with Crippen molar-refractivity contribution < 1.29 is 24.7 Å². The van der Waals surface area contributed by atoms with Gasteiger partial charge in [0.15, 0.2) is 0 Å². The summed E-state index contributed by atoms with van der Waals surface area (Å²) in [7, 11) is 0. The molecule has 1 saturated heterocycles. The lowest BCUT2D eigenvalue weighted by Gasteiger charge is -2.38. The van der Waals surface area contributed by atoms with E-state index in [1.54, 1.807) is 10.4 Å². The SMILES string of the molecule is CCCCC[C@H](CC(=O)NO)C(=O)N[C@H](C(=O)N1CCCC[C@H]1CO)C(C)C. The Labute approximate surface area is 168 Å². The number of hydrogen-bond donors (Lipinski definition) is 4. The number of aliphatic hydroxyl groups is 1. The summed E-state index contributed by atoms with van der Waals surface area (Å²) < 4.78 is 0. The number of hydrogen-bond acceptors (Lipinski definition) is 5. The van der Waals surface area contributed by atoms with Crippen molar-refractivity contribution in [3.8, 4) is 0 Å². The van der Waals surface area contributed by atoms with Crippen molar-refractivity contribution in [1.29, 1.82) is 0 Å². The highest BCUT2D eigenvalue weighted by atomic mass is 16.5. The van der Waals surface area contributed by atoms with Gasteiger partial charge in [-0.1, -0.05) is 40.0 Å². The maximum Gasteiger partial charge on any atom is 0.245 e. The van der Waals surface area contributed by atoms with Gasteiger partial charge < -0.3 is 15.3 Å². The monoisotopic (exact) mass is 399 g/mol. The van der Waals surface area contributed by atoms with Gasteiger partial charge in [0.05, 0.1) is 12.6 Å². The van der Waals surface area contributed by atoms with Crippen LogP contribution in [0.3, 0.4) is 0 Å². The van der Waals surface area contributed by atoms with Crippen LogP contribution in [0.25, 0.3) is 0 Å². The Kier molecular flexibility index (Phi) is 11.1. The summed E-state index contributed by atoms with van der Waals surface area (Å²) in [6.45, 7) is 6.29. The second kappa shape index (κ2) is 12.7. The van der Waals surface area contributed by atoms with E-state index in [0.29, 0.717) is 13.0 Å². The molecule has 1 rings (SSSR count). The van der Waals surface area contributed by atoms with Crippen molar-refractivity contribution in [2.45, 2.75) is 84.2 Å². The molecule has 0 aliphatic carbocycles. The Balaban J connectivity index is 2.86. The van der Waals surface area contributed by atoms with Gasteiger partial charge in [-0.2, -0.15) is 0 Å². The van der Waals surface area contributed by atoms with Crippen molar-refractivity contribution in [3.05, 3.63) is 0 Å². The largest absolute Gasteiger partial charge is 0.394 e. The third-order valence-corrected chi connectivity index (χ3v) is 5.43. The Morgan fingerprint density at radius 2 is 1.89 bits per heavy atom. The smallest absolute Gasteiger partial charge is 0.245 e. The minimum atomic E-state index is -0.703. The number of unbranched alkanes of at least 4 members (excludes halogenated alkanes) is 2. The van der Waals surface area contributed by atoms with Gasteiger partial charge in [-0.3, -0.25) is 19.6 Å². The maximum absolute atomic E-state index is 13.1. The zero-order chi connectivity index (χ0) is 21.1. The highest BCUT2D eigenvalue weighted by Gasteiger charge is 2.35. The molecule has 0 spiro atoms. The molecule has 3 atom stereocenters. The zero-order valence-corrected chi connectivity index (χ0v) is 17.4. The van der Waals surface area contributed by atoms with Crippen molar-refractivity contribution in [2.24, 2.45) is 11.8 Å². The van der Waals surface area contributed by atoms with E-state index < -0.39 is 17.9 Å². The van der Waals surface area contributed by atoms with E-state index in [0.717, 1.165) is 38.5 Å². The summed E-state index contributed by atoms with van der Waals surface area (Å²) in [6, 6.07) is -0.912. The molecule has 0 saturated carbocycles. The van der Waals surface area contributed by atoms with Crippen molar-refractivity contribution in [1.82, 2.24) is 15.7 Å². The topological polar surface area (TPSA) is 119 Å². The molecular formula is C20H37N3O5. The number of piperidine rings is 1. The lowest BCUT2D eigenvalue weighted by molar-refractivity contribution is -0.143. The minimum Gasteiger partial charge on any atom is -0.394 e. The number of carbonyl (C=O) groups excluding carboxylic acids is 3. The average Bonchev–Trinajstić information content (AvgIpc) is 2.70. The lowest BCUT2D eigenvalue weighted by Crippen LogP contribution is -2.56. The Morgan fingerprint density at radius 1 is 1.18 bits per heavy atom. The minimum absolute atomic E-state index is 0.0825. The third-order valence-electron chi connectivity index (χ3n) is 5.43. The van der Waals surface area contributed by atoms with E-state index in [2.05, 4.69) is 12.2 Å². The summed E-state index contributed by atoms with van der Waals surface area (Å²) in [4.78, 5) is 39.2. The van der Waals surface area contributed by atoms with Crippen LogP contribution in [-0.2, 0) is 14.4 Å². The van der Waals surface area contributed by atoms with Gasteiger partial charge in [-0.25, -0.2) is 5.48 Å². The molecule has 1 aliphatic heterocycles. The number of amides is 3. The lowest BCUT2D eigenvalue weighted by atomic mass is 9.94. The normalized spacial score (nSPS) is 19.2. The first kappa shape index (κ1) is 24.4. The van der Waals surface area contributed by atoms with Crippen molar-refractivity contribution >= 4 is 17.7 Å². The van der Waals surface area contributed by atoms with E-state index in [1.807, 2.05) is 13.8 Å². The van der Waals surface area contributed by atoms with E-state index >= 15 is 0 Å². The van der Waals surface area contributed by atoms with Crippen molar-refractivity contribution in [3.63, 3.8) is 0 Å². The maximum atomic E-state index is 13.1. The van der Waals surface area contributed by atoms with E-state index in [-0.39, 0.29) is 36.8 Å². The number of likely N-dealkylation sites (tertiary alicyclic amines) is 1. The molecule has 162 valence electrons. The van der Waals surface area contributed by atoms with E-state index in [1.165, 1.54) is 0 Å². The van der Waals surface area contributed by atoms with Crippen LogP contribution in [0.4, 0.5) is 0 Å². The van der Waals surface area contributed by atoms with Crippen LogP contribution in [-0.4, -0.2) is 58.2 Å². The van der Waals surface area contributed by atoms with Crippen LogP contribution in [0.2, 0.25) is 0 Å². The van der Waals surface area contributed by atoms with Gasteiger partial charge in [-0.05, 0) is 31.6 Å². The van der Waals surface area contributed by atoms with E-state index in [4.69, 9.17) is 5.21 Å². The molecule has 0 unspecified atom stereocenters. The molecule has 8 heteroatoms. The van der Waals surface area contributed by atoms with Crippen LogP contribution in [0.1, 0.15) is 72.1 Å². The van der Waals surface area contributed by atoms with Gasteiger partial charge in [0.25, 0.3) is 0 Å². The quantitative estimate of drug-likeness (QED) is 0.239. The summed E-state index contributed by atoms with van der Waals surface area (Å²) >= 11 is 0. The molecule has 1 fully saturated rings. The summed E-state index contributed by atoms with van der Waals surface area (Å²) in [6.07, 6.45) is 5.77. The van der Waals surface area contributed by atoms with Crippen LogP contribution in [0.5, 0.6) is 0 Å². The van der Waals surface area contributed by atoms with Gasteiger partial charge >= 0.3 is 0 Å². The molecule has 0 aromatic rings. The number of nitrogens with one attached hydrogen (secondary N) is 2. The fourth-order valence-corrected chi connectivity index (χ4v) is 3.68. The van der Waals surface area contributed by atoms with Crippen LogP contribution in [0, 0.1) is 11.8 Å². The van der Waals surface area contributed by atoms with Crippen LogP contribution in [0.15, 0.2) is 0 Å². The molecule has 1 heterocycles. The second-order valence-electron chi connectivity index (χ2n) is 8.03. The molecule has 0 radical (unpaired) electrons. The zero-order valence-electron chi connectivity index (χ0n) is 17.4. The molecule has 4 N–H and O–H groups in total. The first-order valence-corrected chi connectivity index (χ1v) is 10.5. The number of rotatable bonds is 11. The van der Waals surface area contributed by atoms with Gasteiger partial charge in [0.1, 0.15) is 6.04 Å². The summed E-state index contributed by atoms with van der Waals surface area (Å²) in [5.41, 5.74) is 1.58.